The van der Waals surface area contributed by atoms with Crippen molar-refractivity contribution in [1.29, 1.82) is 0 Å². The monoisotopic (exact) mass is 123 g/mol. The summed E-state index contributed by atoms with van der Waals surface area (Å²) in [7, 11) is 0. The molecule has 1 heterocycles. The van der Waals surface area contributed by atoms with E-state index in [1.165, 1.54) is 0 Å². The first kappa shape index (κ1) is 5.31. The van der Waals surface area contributed by atoms with Crippen LogP contribution in [0.1, 0.15) is 5.82 Å². The van der Waals surface area contributed by atoms with Crippen LogP contribution < -0.4 is 0 Å². The largest absolute Gasteiger partial charge is 0.236 e. The maximum absolute atomic E-state index is 4.44. The fourth-order valence-corrected chi connectivity index (χ4v) is 0.457. The maximum Gasteiger partial charge on any atom is 0.171 e. The molecule has 2 nitrogen and oxygen atoms in total. The highest BCUT2D eigenvalue weighted by atomic mass is 32.1. The molecule has 0 aliphatic rings. The molecular weight excluding hydrogens is 120 g/mol. The van der Waals surface area contributed by atoms with Crippen LogP contribution in [0.3, 0.4) is 0 Å². The van der Waals surface area contributed by atoms with E-state index in [4.69, 9.17) is 0 Å². The summed E-state index contributed by atoms with van der Waals surface area (Å²) in [5, 5.41) is 2.39. The summed E-state index contributed by atoms with van der Waals surface area (Å²) in [6.45, 7) is 0. The van der Waals surface area contributed by atoms with Gasteiger partial charge in [-0.2, -0.15) is 0 Å². The summed E-state index contributed by atoms with van der Waals surface area (Å²) >= 11 is 4.44. The summed E-state index contributed by atoms with van der Waals surface area (Å²) in [5.41, 5.74) is 0. The lowest BCUT2D eigenvalue weighted by molar-refractivity contribution is 1.15. The zero-order valence-electron chi connectivity index (χ0n) is 4.03. The second-order valence-corrected chi connectivity index (χ2v) is 1.38. The van der Waals surface area contributed by atoms with Crippen molar-refractivity contribution in [3.05, 3.63) is 24.3 Å². The van der Waals surface area contributed by atoms with Gasteiger partial charge < -0.3 is 0 Å². The average Bonchev–Trinajstić information content (AvgIpc) is 1.90. The predicted octanol–water partition coefficient (Wildman–Crippen LogP) is 0.701. The van der Waals surface area contributed by atoms with Gasteiger partial charge in [-0.25, -0.2) is 9.97 Å². The molecule has 0 atom stereocenters. The van der Waals surface area contributed by atoms with Crippen molar-refractivity contribution in [2.24, 2.45) is 0 Å². The number of aromatic nitrogens is 2. The van der Waals surface area contributed by atoms with E-state index >= 15 is 0 Å². The summed E-state index contributed by atoms with van der Waals surface area (Å²) in [6, 6.07) is 1.73. The van der Waals surface area contributed by atoms with E-state index in [0.29, 0.717) is 5.82 Å². The third kappa shape index (κ3) is 1.07. The molecule has 0 bridgehead atoms. The lowest BCUT2D eigenvalue weighted by Gasteiger charge is -1.81. The van der Waals surface area contributed by atoms with Crippen molar-refractivity contribution in [3.63, 3.8) is 0 Å². The van der Waals surface area contributed by atoms with Gasteiger partial charge >= 0.3 is 0 Å². The van der Waals surface area contributed by atoms with E-state index in [1.807, 2.05) is 0 Å². The Balaban J connectivity index is 2.99. The van der Waals surface area contributed by atoms with Crippen LogP contribution in [0.2, 0.25) is 0 Å². The molecule has 0 fully saturated rings. The molecule has 0 spiro atoms. The summed E-state index contributed by atoms with van der Waals surface area (Å²) in [4.78, 5) is 7.54. The number of rotatable bonds is 1. The second kappa shape index (κ2) is 2.47. The van der Waals surface area contributed by atoms with E-state index < -0.39 is 0 Å². The summed E-state index contributed by atoms with van der Waals surface area (Å²) in [6.07, 6.45) is 3.25. The highest BCUT2D eigenvalue weighted by Gasteiger charge is 1.81. The van der Waals surface area contributed by atoms with Gasteiger partial charge in [0.1, 0.15) is 5.37 Å². The molecule has 0 saturated carbocycles. The standard InChI is InChI=1S/C5H3N2S/c8-4-5-6-2-1-3-7-5/h1-3H. The van der Waals surface area contributed by atoms with Crippen LogP contribution in [0.15, 0.2) is 18.5 Å². The quantitative estimate of drug-likeness (QED) is 0.514. The second-order valence-electron chi connectivity index (χ2n) is 1.17. The highest BCUT2D eigenvalue weighted by molar-refractivity contribution is 7.79. The Morgan fingerprint density at radius 2 is 2.00 bits per heavy atom. The zero-order chi connectivity index (χ0) is 5.82. The van der Waals surface area contributed by atoms with Crippen LogP contribution >= 0.6 is 12.2 Å². The Kier molecular flexibility index (Phi) is 1.64. The van der Waals surface area contributed by atoms with Crippen molar-refractivity contribution >= 4 is 17.6 Å². The van der Waals surface area contributed by atoms with Gasteiger partial charge in [0.15, 0.2) is 5.82 Å². The SMILES string of the molecule is S=[C]c1ncccn1. The van der Waals surface area contributed by atoms with Crippen LogP contribution in [0.5, 0.6) is 0 Å². The minimum absolute atomic E-state index is 0.475. The van der Waals surface area contributed by atoms with Gasteiger partial charge in [0.2, 0.25) is 0 Å². The maximum atomic E-state index is 4.44. The first-order valence-corrected chi connectivity index (χ1v) is 2.49. The number of nitrogens with zero attached hydrogens (tertiary/aromatic N) is 2. The number of thiocarbonyl (C=S) groups is 1. The molecule has 0 amide bonds. The van der Waals surface area contributed by atoms with E-state index in [2.05, 4.69) is 27.6 Å². The summed E-state index contributed by atoms with van der Waals surface area (Å²) < 4.78 is 0. The lowest BCUT2D eigenvalue weighted by atomic mass is 10.6. The van der Waals surface area contributed by atoms with Crippen molar-refractivity contribution < 1.29 is 0 Å². The van der Waals surface area contributed by atoms with Crippen molar-refractivity contribution in [3.8, 4) is 0 Å². The molecule has 3 heteroatoms. The molecular formula is C5H3N2S. The van der Waals surface area contributed by atoms with Gasteiger partial charge in [0.05, 0.1) is 0 Å². The minimum atomic E-state index is 0.475. The lowest BCUT2D eigenvalue weighted by Crippen LogP contribution is -1.86. The minimum Gasteiger partial charge on any atom is -0.236 e. The van der Waals surface area contributed by atoms with Crippen LogP contribution in [0.25, 0.3) is 0 Å². The molecule has 0 saturated heterocycles. The normalized spacial score (nSPS) is 8.50. The Labute approximate surface area is 52.6 Å². The van der Waals surface area contributed by atoms with Crippen molar-refractivity contribution in [2.75, 3.05) is 0 Å². The van der Waals surface area contributed by atoms with Gasteiger partial charge in [-0.05, 0) is 6.07 Å². The van der Waals surface area contributed by atoms with Crippen LogP contribution in [-0.2, 0) is 0 Å². The molecule has 39 valence electrons. The Hall–Kier alpha value is -0.830. The van der Waals surface area contributed by atoms with Crippen molar-refractivity contribution in [2.45, 2.75) is 0 Å². The average molecular weight is 123 g/mol. The first-order chi connectivity index (χ1) is 3.93. The molecule has 0 N–H and O–H groups in total. The Morgan fingerprint density at radius 1 is 1.38 bits per heavy atom. The molecule has 1 aromatic rings. The summed E-state index contributed by atoms with van der Waals surface area (Å²) in [5.74, 6) is 0.475. The van der Waals surface area contributed by atoms with E-state index in [0.717, 1.165) is 0 Å². The Bertz CT molecular complexity index is 173. The molecule has 1 radical (unpaired) electrons. The topological polar surface area (TPSA) is 25.8 Å². The Morgan fingerprint density at radius 3 is 2.38 bits per heavy atom. The molecule has 8 heavy (non-hydrogen) atoms. The predicted molar refractivity (Wildman–Crippen MR) is 33.7 cm³/mol. The van der Waals surface area contributed by atoms with Crippen LogP contribution in [0, 0.1) is 0 Å². The number of hydrogen-bond acceptors (Lipinski definition) is 3. The van der Waals surface area contributed by atoms with E-state index in [-0.39, 0.29) is 0 Å². The van der Waals surface area contributed by atoms with Gasteiger partial charge in [0, 0.05) is 12.4 Å². The van der Waals surface area contributed by atoms with E-state index in [9.17, 15) is 0 Å². The van der Waals surface area contributed by atoms with Crippen LogP contribution in [0.4, 0.5) is 0 Å². The molecule has 0 aliphatic heterocycles. The molecule has 1 aromatic heterocycles. The molecule has 0 aromatic carbocycles. The van der Waals surface area contributed by atoms with Crippen molar-refractivity contribution in [1.82, 2.24) is 9.97 Å². The fourth-order valence-electron chi connectivity index (χ4n) is 0.352. The fraction of sp³-hybridized carbons (Fsp3) is 0. The van der Waals surface area contributed by atoms with Gasteiger partial charge in [-0.3, -0.25) is 0 Å². The van der Waals surface area contributed by atoms with Crippen LogP contribution in [-0.4, -0.2) is 15.3 Å². The number of hydrogen-bond donors (Lipinski definition) is 0. The molecule has 1 rings (SSSR count). The first-order valence-electron chi connectivity index (χ1n) is 2.08. The molecule has 0 unspecified atom stereocenters. The van der Waals surface area contributed by atoms with Gasteiger partial charge in [-0.1, -0.05) is 12.2 Å². The molecule has 0 aliphatic carbocycles. The third-order valence-electron chi connectivity index (χ3n) is 0.657. The highest BCUT2D eigenvalue weighted by Crippen LogP contribution is 1.79. The van der Waals surface area contributed by atoms with E-state index in [1.54, 1.807) is 18.5 Å². The van der Waals surface area contributed by atoms with Gasteiger partial charge in [-0.15, -0.1) is 0 Å². The zero-order valence-corrected chi connectivity index (χ0v) is 4.85. The smallest absolute Gasteiger partial charge is 0.171 e. The third-order valence-corrected chi connectivity index (χ3v) is 0.840. The van der Waals surface area contributed by atoms with Gasteiger partial charge in [0.25, 0.3) is 0 Å².